The van der Waals surface area contributed by atoms with Crippen LogP contribution in [0.2, 0.25) is 0 Å². The summed E-state index contributed by atoms with van der Waals surface area (Å²) in [5.74, 6) is 1.78. The number of methoxy groups -OCH3 is 1. The molecular formula is C34H46N6O4S. The molecule has 3 aromatic rings. The van der Waals surface area contributed by atoms with Crippen molar-refractivity contribution in [3.63, 3.8) is 0 Å². The lowest BCUT2D eigenvalue weighted by Gasteiger charge is -2.48. The number of nitrogens with zero attached hydrogens (tertiary/aromatic N) is 5. The Morgan fingerprint density at radius 2 is 1.67 bits per heavy atom. The minimum absolute atomic E-state index is 0.172. The van der Waals surface area contributed by atoms with E-state index in [4.69, 9.17) is 9.47 Å². The zero-order valence-electron chi connectivity index (χ0n) is 26.7. The maximum absolute atomic E-state index is 13.3. The molecule has 11 heteroatoms. The van der Waals surface area contributed by atoms with Crippen molar-refractivity contribution in [2.24, 2.45) is 0 Å². The predicted molar refractivity (Wildman–Crippen MR) is 174 cm³/mol. The Kier molecular flexibility index (Phi) is 9.72. The van der Waals surface area contributed by atoms with Crippen LogP contribution in [0.15, 0.2) is 59.6 Å². The number of hydrogen-bond acceptors (Lipinski definition) is 9. The molecule has 10 nitrogen and oxygen atoms in total. The van der Waals surface area contributed by atoms with Crippen LogP contribution in [-0.2, 0) is 22.1 Å². The van der Waals surface area contributed by atoms with E-state index in [-0.39, 0.29) is 24.7 Å². The fourth-order valence-corrected chi connectivity index (χ4v) is 9.12. The highest BCUT2D eigenvalue weighted by atomic mass is 32.2. The normalized spacial score (nSPS) is 19.8. The van der Waals surface area contributed by atoms with Crippen molar-refractivity contribution in [1.82, 2.24) is 29.4 Å². The van der Waals surface area contributed by atoms with Gasteiger partial charge in [-0.1, -0.05) is 30.3 Å². The molecule has 0 radical (unpaired) electrons. The van der Waals surface area contributed by atoms with Crippen LogP contribution >= 0.6 is 0 Å². The fraction of sp³-hybridized carbons (Fsp3) is 0.529. The first kappa shape index (κ1) is 31.9. The Bertz CT molecular complexity index is 1530. The summed E-state index contributed by atoms with van der Waals surface area (Å²) >= 11 is 0. The fourth-order valence-electron chi connectivity index (χ4n) is 7.20. The molecule has 0 amide bonds. The van der Waals surface area contributed by atoms with Gasteiger partial charge in [-0.05, 0) is 81.4 Å². The SMILES string of the molecule is COc1cc(C)c(S(=O)(=O)N2CC(Oc3ccnc(CNCCN4CCC(c5ccccc5)(N5CCCC5)CC4)n3)C2)c(C)c1. The number of sulfonamides is 1. The van der Waals surface area contributed by atoms with Crippen LogP contribution in [0.25, 0.3) is 0 Å². The molecule has 6 rings (SSSR count). The molecule has 3 aliphatic rings. The number of nitrogens with one attached hydrogen (secondary N) is 1. The molecule has 0 spiro atoms. The topological polar surface area (TPSA) is 100 Å². The van der Waals surface area contributed by atoms with Gasteiger partial charge in [-0.15, -0.1) is 0 Å². The lowest BCUT2D eigenvalue weighted by Crippen LogP contribution is -2.56. The highest BCUT2D eigenvalue weighted by molar-refractivity contribution is 7.89. The summed E-state index contributed by atoms with van der Waals surface area (Å²) in [5, 5.41) is 3.50. The molecule has 4 heterocycles. The molecule has 3 saturated heterocycles. The molecule has 1 aromatic heterocycles. The van der Waals surface area contributed by atoms with Gasteiger partial charge in [-0.25, -0.2) is 13.4 Å². The van der Waals surface area contributed by atoms with Crippen LogP contribution < -0.4 is 14.8 Å². The van der Waals surface area contributed by atoms with Crippen molar-refractivity contribution in [3.05, 3.63) is 77.2 Å². The molecule has 0 atom stereocenters. The number of likely N-dealkylation sites (tertiary alicyclic amines) is 2. The van der Waals surface area contributed by atoms with Gasteiger partial charge in [0.2, 0.25) is 15.9 Å². The van der Waals surface area contributed by atoms with E-state index in [2.05, 4.69) is 55.4 Å². The van der Waals surface area contributed by atoms with Gasteiger partial charge in [-0.2, -0.15) is 9.29 Å². The van der Waals surface area contributed by atoms with Gasteiger partial charge >= 0.3 is 0 Å². The summed E-state index contributed by atoms with van der Waals surface area (Å²) < 4.78 is 39.4. The van der Waals surface area contributed by atoms with Gasteiger partial charge < -0.3 is 19.7 Å². The maximum atomic E-state index is 13.3. The first-order valence-corrected chi connectivity index (χ1v) is 17.6. The first-order chi connectivity index (χ1) is 21.8. The highest BCUT2D eigenvalue weighted by Crippen LogP contribution is 2.40. The molecule has 1 N–H and O–H groups in total. The largest absolute Gasteiger partial charge is 0.497 e. The van der Waals surface area contributed by atoms with E-state index in [1.54, 1.807) is 45.4 Å². The second-order valence-electron chi connectivity index (χ2n) is 12.6. The maximum Gasteiger partial charge on any atom is 0.243 e. The highest BCUT2D eigenvalue weighted by Gasteiger charge is 2.42. The van der Waals surface area contributed by atoms with E-state index >= 15 is 0 Å². The molecular weight excluding hydrogens is 588 g/mol. The first-order valence-electron chi connectivity index (χ1n) is 16.2. The van der Waals surface area contributed by atoms with Crippen LogP contribution in [0.3, 0.4) is 0 Å². The third-order valence-corrected chi connectivity index (χ3v) is 11.8. The van der Waals surface area contributed by atoms with E-state index in [9.17, 15) is 8.42 Å². The van der Waals surface area contributed by atoms with Gasteiger partial charge in [-0.3, -0.25) is 4.90 Å². The third-order valence-electron chi connectivity index (χ3n) is 9.64. The average molecular weight is 635 g/mol. The Labute approximate surface area is 267 Å². The van der Waals surface area contributed by atoms with Crippen LogP contribution in [0.1, 0.15) is 48.2 Å². The standard InChI is InChI=1S/C34H46N6O4S/c1-26-21-29(43-3)22-27(2)33(26)45(41,42)40-24-30(25-40)44-32-11-14-36-31(37-32)23-35-15-20-38-18-12-34(13-19-38,39-16-7-8-17-39)28-9-5-4-6-10-28/h4-6,9-11,14,21-22,30,35H,7-8,12-13,15-20,23-25H2,1-3H3. The predicted octanol–water partition coefficient (Wildman–Crippen LogP) is 3.73. The number of rotatable bonds is 12. The van der Waals surface area contributed by atoms with Crippen LogP contribution in [0.5, 0.6) is 11.6 Å². The van der Waals surface area contributed by atoms with Crippen molar-refractivity contribution in [3.8, 4) is 11.6 Å². The Morgan fingerprint density at radius 1 is 0.978 bits per heavy atom. The molecule has 0 bridgehead atoms. The van der Waals surface area contributed by atoms with Gasteiger partial charge in [0, 0.05) is 44.0 Å². The molecule has 0 unspecified atom stereocenters. The zero-order valence-corrected chi connectivity index (χ0v) is 27.6. The Morgan fingerprint density at radius 3 is 2.33 bits per heavy atom. The number of hydrogen-bond donors (Lipinski definition) is 1. The smallest absolute Gasteiger partial charge is 0.243 e. The minimum Gasteiger partial charge on any atom is -0.497 e. The van der Waals surface area contributed by atoms with E-state index in [1.807, 2.05) is 0 Å². The lowest BCUT2D eigenvalue weighted by molar-refractivity contribution is 0.0345. The Hall–Kier alpha value is -3.09. The van der Waals surface area contributed by atoms with Gasteiger partial charge in [0.15, 0.2) is 0 Å². The van der Waals surface area contributed by atoms with E-state index in [0.717, 1.165) is 26.2 Å². The van der Waals surface area contributed by atoms with Crippen molar-refractivity contribution in [2.45, 2.75) is 62.6 Å². The number of aryl methyl sites for hydroxylation is 2. The van der Waals surface area contributed by atoms with E-state index < -0.39 is 10.0 Å². The molecule has 45 heavy (non-hydrogen) atoms. The van der Waals surface area contributed by atoms with Crippen molar-refractivity contribution < 1.29 is 17.9 Å². The minimum atomic E-state index is -3.62. The molecule has 0 saturated carbocycles. The molecule has 0 aliphatic carbocycles. The summed E-state index contributed by atoms with van der Waals surface area (Å²) in [6.45, 7) is 11.2. The summed E-state index contributed by atoms with van der Waals surface area (Å²) in [5.41, 5.74) is 2.99. The van der Waals surface area contributed by atoms with Gasteiger partial charge in [0.25, 0.3) is 0 Å². The quantitative estimate of drug-likeness (QED) is 0.299. The summed E-state index contributed by atoms with van der Waals surface area (Å²) in [4.78, 5) is 14.6. The lowest BCUT2D eigenvalue weighted by atomic mass is 9.79. The third kappa shape index (κ3) is 6.88. The number of piperidine rings is 1. The van der Waals surface area contributed by atoms with E-state index in [1.165, 1.54) is 48.6 Å². The van der Waals surface area contributed by atoms with Crippen molar-refractivity contribution in [1.29, 1.82) is 0 Å². The average Bonchev–Trinajstić information content (AvgIpc) is 3.57. The monoisotopic (exact) mass is 634 g/mol. The van der Waals surface area contributed by atoms with Gasteiger partial charge in [0.1, 0.15) is 17.7 Å². The van der Waals surface area contributed by atoms with Gasteiger partial charge in [0.05, 0.1) is 31.6 Å². The molecule has 3 fully saturated rings. The second-order valence-corrected chi connectivity index (χ2v) is 14.4. The Balaban J connectivity index is 0.953. The summed E-state index contributed by atoms with van der Waals surface area (Å²) in [6.07, 6.45) is 6.39. The number of ether oxygens (including phenoxy) is 2. The summed E-state index contributed by atoms with van der Waals surface area (Å²) in [7, 11) is -2.04. The van der Waals surface area contributed by atoms with Crippen molar-refractivity contribution in [2.75, 3.05) is 59.5 Å². The molecule has 242 valence electrons. The van der Waals surface area contributed by atoms with E-state index in [0.29, 0.717) is 40.0 Å². The van der Waals surface area contributed by atoms with Crippen molar-refractivity contribution >= 4 is 10.0 Å². The van der Waals surface area contributed by atoms with Crippen LogP contribution in [-0.4, -0.2) is 98.1 Å². The number of benzene rings is 2. The van der Waals surface area contributed by atoms with Crippen LogP contribution in [0.4, 0.5) is 0 Å². The second kappa shape index (κ2) is 13.7. The molecule has 3 aliphatic heterocycles. The summed E-state index contributed by atoms with van der Waals surface area (Å²) in [6, 6.07) is 16.4. The molecule has 2 aromatic carbocycles. The number of aromatic nitrogens is 2. The van der Waals surface area contributed by atoms with Crippen LogP contribution in [0, 0.1) is 13.8 Å². The zero-order chi connectivity index (χ0) is 31.4.